The third-order valence-electron chi connectivity index (χ3n) is 4.45. The molecule has 4 nitrogen and oxygen atoms in total. The number of nitrogens with one attached hydrogen (secondary N) is 1. The molecule has 0 bridgehead atoms. The summed E-state index contributed by atoms with van der Waals surface area (Å²) in [5.74, 6) is 0.793. The van der Waals surface area contributed by atoms with Gasteiger partial charge < -0.3 is 11.1 Å². The normalized spacial score (nSPS) is 17.9. The number of nitrogens with two attached hydrogens (primary N) is 1. The fraction of sp³-hybridized carbons (Fsp3) is 0.562. The second-order valence-corrected chi connectivity index (χ2v) is 5.98. The molecule has 1 aromatic rings. The molecule has 1 aliphatic carbocycles. The molecule has 1 aliphatic rings. The van der Waals surface area contributed by atoms with Crippen LogP contribution in [0.25, 0.3) is 0 Å². The highest BCUT2D eigenvalue weighted by molar-refractivity contribution is 5.95. The number of hydrogen-bond donors (Lipinski definition) is 2. The standard InChI is InChI=1S/C16H25N3O/c1-10-9-14(17)7-8-15(10)18-16(20)12(3)19(4)11(2)13-5-6-13/h7-9,11-13H,5-6,17H2,1-4H3,(H,18,20). The molecule has 0 saturated heterocycles. The lowest BCUT2D eigenvalue weighted by Gasteiger charge is -2.30. The van der Waals surface area contributed by atoms with Gasteiger partial charge in [0.25, 0.3) is 0 Å². The molecule has 0 heterocycles. The van der Waals surface area contributed by atoms with Crippen molar-refractivity contribution < 1.29 is 4.79 Å². The van der Waals surface area contributed by atoms with Crippen LogP contribution in [0.3, 0.4) is 0 Å². The third-order valence-corrected chi connectivity index (χ3v) is 4.45. The Balaban J connectivity index is 1.99. The summed E-state index contributed by atoms with van der Waals surface area (Å²) in [5.41, 5.74) is 8.27. The lowest BCUT2D eigenvalue weighted by atomic mass is 10.1. The van der Waals surface area contributed by atoms with Gasteiger partial charge in [-0.2, -0.15) is 0 Å². The van der Waals surface area contributed by atoms with Crippen LogP contribution in [0.15, 0.2) is 18.2 Å². The lowest BCUT2D eigenvalue weighted by Crippen LogP contribution is -2.45. The van der Waals surface area contributed by atoms with Gasteiger partial charge in [0.15, 0.2) is 0 Å². The Morgan fingerprint density at radius 1 is 1.40 bits per heavy atom. The van der Waals surface area contributed by atoms with Crippen molar-refractivity contribution in [2.75, 3.05) is 18.1 Å². The predicted octanol–water partition coefficient (Wildman–Crippen LogP) is 2.63. The molecule has 20 heavy (non-hydrogen) atoms. The minimum atomic E-state index is -0.137. The van der Waals surface area contributed by atoms with Crippen molar-refractivity contribution in [3.63, 3.8) is 0 Å². The van der Waals surface area contributed by atoms with Gasteiger partial charge in [0.1, 0.15) is 0 Å². The van der Waals surface area contributed by atoms with Crippen LogP contribution in [-0.4, -0.2) is 29.9 Å². The van der Waals surface area contributed by atoms with Crippen molar-refractivity contribution in [3.05, 3.63) is 23.8 Å². The van der Waals surface area contributed by atoms with E-state index in [1.807, 2.05) is 39.1 Å². The average molecular weight is 275 g/mol. The summed E-state index contributed by atoms with van der Waals surface area (Å²) in [5, 5.41) is 3.00. The molecule has 0 spiro atoms. The van der Waals surface area contributed by atoms with Crippen molar-refractivity contribution in [1.82, 2.24) is 4.90 Å². The van der Waals surface area contributed by atoms with E-state index in [9.17, 15) is 4.79 Å². The fourth-order valence-electron chi connectivity index (χ4n) is 2.51. The van der Waals surface area contributed by atoms with Gasteiger partial charge >= 0.3 is 0 Å². The monoisotopic (exact) mass is 275 g/mol. The van der Waals surface area contributed by atoms with Gasteiger partial charge in [0.2, 0.25) is 5.91 Å². The number of nitrogen functional groups attached to an aromatic ring is 1. The van der Waals surface area contributed by atoms with E-state index < -0.39 is 0 Å². The first kappa shape index (κ1) is 14.9. The topological polar surface area (TPSA) is 58.4 Å². The number of carbonyl (C=O) groups excluding carboxylic acids is 1. The highest BCUT2D eigenvalue weighted by Gasteiger charge is 2.33. The zero-order chi connectivity index (χ0) is 14.9. The highest BCUT2D eigenvalue weighted by Crippen LogP contribution is 2.35. The van der Waals surface area contributed by atoms with Gasteiger partial charge in [-0.3, -0.25) is 9.69 Å². The van der Waals surface area contributed by atoms with Crippen molar-refractivity contribution in [1.29, 1.82) is 0 Å². The Morgan fingerprint density at radius 2 is 2.05 bits per heavy atom. The number of benzene rings is 1. The van der Waals surface area contributed by atoms with E-state index in [1.54, 1.807) is 0 Å². The summed E-state index contributed by atoms with van der Waals surface area (Å²) in [6.07, 6.45) is 2.58. The van der Waals surface area contributed by atoms with Crippen LogP contribution in [0.5, 0.6) is 0 Å². The molecule has 2 rings (SSSR count). The first-order valence-electron chi connectivity index (χ1n) is 7.29. The van der Waals surface area contributed by atoms with Crippen LogP contribution in [0.4, 0.5) is 11.4 Å². The van der Waals surface area contributed by atoms with E-state index in [0.717, 1.165) is 17.2 Å². The van der Waals surface area contributed by atoms with Crippen molar-refractivity contribution in [2.45, 2.75) is 45.7 Å². The van der Waals surface area contributed by atoms with Gasteiger partial charge in [0, 0.05) is 17.4 Å². The number of rotatable bonds is 5. The number of amides is 1. The largest absolute Gasteiger partial charge is 0.399 e. The number of nitrogens with zero attached hydrogens (tertiary/aromatic N) is 1. The second kappa shape index (κ2) is 5.83. The van der Waals surface area contributed by atoms with Crippen molar-refractivity contribution in [2.24, 2.45) is 5.92 Å². The first-order chi connectivity index (χ1) is 9.40. The lowest BCUT2D eigenvalue weighted by molar-refractivity contribution is -0.121. The minimum Gasteiger partial charge on any atom is -0.399 e. The number of aryl methyl sites for hydroxylation is 1. The summed E-state index contributed by atoms with van der Waals surface area (Å²) < 4.78 is 0. The molecule has 2 atom stereocenters. The molecule has 0 aliphatic heterocycles. The molecule has 1 aromatic carbocycles. The summed E-state index contributed by atoms with van der Waals surface area (Å²) in [4.78, 5) is 14.5. The van der Waals surface area contributed by atoms with Crippen LogP contribution < -0.4 is 11.1 Å². The molecule has 3 N–H and O–H groups in total. The summed E-state index contributed by atoms with van der Waals surface area (Å²) in [6.45, 7) is 6.12. The van der Waals surface area contributed by atoms with Crippen molar-refractivity contribution >= 4 is 17.3 Å². The van der Waals surface area contributed by atoms with Gasteiger partial charge in [-0.15, -0.1) is 0 Å². The van der Waals surface area contributed by atoms with Gasteiger partial charge in [-0.1, -0.05) is 0 Å². The van der Waals surface area contributed by atoms with E-state index in [1.165, 1.54) is 12.8 Å². The molecule has 110 valence electrons. The molecule has 1 fully saturated rings. The van der Waals surface area contributed by atoms with Crippen LogP contribution in [0.1, 0.15) is 32.3 Å². The maximum absolute atomic E-state index is 12.4. The Bertz CT molecular complexity index is 496. The van der Waals surface area contributed by atoms with Crippen LogP contribution in [0.2, 0.25) is 0 Å². The quantitative estimate of drug-likeness (QED) is 0.812. The predicted molar refractivity (Wildman–Crippen MR) is 83.6 cm³/mol. The molecule has 0 radical (unpaired) electrons. The second-order valence-electron chi connectivity index (χ2n) is 5.98. The summed E-state index contributed by atoms with van der Waals surface area (Å²) >= 11 is 0. The Labute approximate surface area is 121 Å². The first-order valence-corrected chi connectivity index (χ1v) is 7.29. The number of likely N-dealkylation sites (N-methyl/N-ethyl adjacent to an activating group) is 1. The maximum Gasteiger partial charge on any atom is 0.241 e. The summed E-state index contributed by atoms with van der Waals surface area (Å²) in [6, 6.07) is 5.87. The molecule has 0 aromatic heterocycles. The van der Waals surface area contributed by atoms with E-state index in [2.05, 4.69) is 17.1 Å². The minimum absolute atomic E-state index is 0.0351. The average Bonchev–Trinajstić information content (AvgIpc) is 3.23. The SMILES string of the molecule is Cc1cc(N)ccc1NC(=O)C(C)N(C)C(C)C1CC1. The maximum atomic E-state index is 12.4. The molecule has 4 heteroatoms. The number of carbonyl (C=O) groups is 1. The smallest absolute Gasteiger partial charge is 0.241 e. The number of anilines is 2. The molecular weight excluding hydrogens is 250 g/mol. The van der Waals surface area contributed by atoms with E-state index in [0.29, 0.717) is 11.7 Å². The molecule has 1 amide bonds. The summed E-state index contributed by atoms with van der Waals surface area (Å²) in [7, 11) is 2.03. The van der Waals surface area contributed by atoms with E-state index in [4.69, 9.17) is 5.73 Å². The zero-order valence-electron chi connectivity index (χ0n) is 12.8. The van der Waals surface area contributed by atoms with Crippen LogP contribution >= 0.6 is 0 Å². The van der Waals surface area contributed by atoms with Gasteiger partial charge in [0.05, 0.1) is 6.04 Å². The van der Waals surface area contributed by atoms with Crippen LogP contribution in [0, 0.1) is 12.8 Å². The molecule has 1 saturated carbocycles. The third kappa shape index (κ3) is 3.31. The molecular formula is C16H25N3O. The van der Waals surface area contributed by atoms with Gasteiger partial charge in [-0.05, 0) is 70.3 Å². The Kier molecular flexibility index (Phi) is 4.33. The Morgan fingerprint density at radius 3 is 2.60 bits per heavy atom. The van der Waals surface area contributed by atoms with E-state index in [-0.39, 0.29) is 11.9 Å². The zero-order valence-corrected chi connectivity index (χ0v) is 12.8. The van der Waals surface area contributed by atoms with Crippen LogP contribution in [-0.2, 0) is 4.79 Å². The van der Waals surface area contributed by atoms with Gasteiger partial charge in [-0.25, -0.2) is 0 Å². The van der Waals surface area contributed by atoms with E-state index >= 15 is 0 Å². The van der Waals surface area contributed by atoms with Crippen molar-refractivity contribution in [3.8, 4) is 0 Å². The molecule has 2 unspecified atom stereocenters. The number of hydrogen-bond acceptors (Lipinski definition) is 3. The fourth-order valence-corrected chi connectivity index (χ4v) is 2.51. The Hall–Kier alpha value is -1.55. The highest BCUT2D eigenvalue weighted by atomic mass is 16.2.